The van der Waals surface area contributed by atoms with Crippen molar-refractivity contribution < 1.29 is 4.52 Å². The van der Waals surface area contributed by atoms with Gasteiger partial charge in [-0.3, -0.25) is 4.40 Å². The maximum Gasteiger partial charge on any atom is 0.237 e. The van der Waals surface area contributed by atoms with E-state index in [2.05, 4.69) is 50.7 Å². The summed E-state index contributed by atoms with van der Waals surface area (Å²) in [7, 11) is 0. The third-order valence-corrected chi connectivity index (χ3v) is 5.62. The number of aryl methyl sites for hydroxylation is 1. The lowest BCUT2D eigenvalue weighted by Gasteiger charge is -1.98. The third kappa shape index (κ3) is 3.03. The van der Waals surface area contributed by atoms with Crippen LogP contribution in [0.1, 0.15) is 32.0 Å². The van der Waals surface area contributed by atoms with Crippen molar-refractivity contribution in [3.8, 4) is 0 Å². The van der Waals surface area contributed by atoms with Gasteiger partial charge in [-0.15, -0.1) is 10.2 Å². The molecular formula is C16H17N5OS2. The van der Waals surface area contributed by atoms with E-state index in [1.54, 1.807) is 23.1 Å². The molecule has 1 aromatic carbocycles. The van der Waals surface area contributed by atoms with Gasteiger partial charge < -0.3 is 4.52 Å². The Labute approximate surface area is 147 Å². The maximum absolute atomic E-state index is 5.34. The summed E-state index contributed by atoms with van der Waals surface area (Å²) in [6.45, 7) is 4.39. The summed E-state index contributed by atoms with van der Waals surface area (Å²) in [5.74, 6) is 2.65. The van der Waals surface area contributed by atoms with E-state index in [1.165, 1.54) is 4.70 Å². The molecule has 0 bridgehead atoms. The zero-order valence-electron chi connectivity index (χ0n) is 13.5. The highest BCUT2D eigenvalue weighted by Crippen LogP contribution is 2.30. The molecule has 4 aromatic rings. The smallest absolute Gasteiger partial charge is 0.237 e. The summed E-state index contributed by atoms with van der Waals surface area (Å²) in [6, 6.07) is 8.25. The van der Waals surface area contributed by atoms with Crippen molar-refractivity contribution in [2.75, 3.05) is 0 Å². The van der Waals surface area contributed by atoms with Gasteiger partial charge in [-0.05, 0) is 24.5 Å². The molecule has 3 heterocycles. The molecule has 0 radical (unpaired) electrons. The molecule has 0 unspecified atom stereocenters. The molecule has 4 rings (SSSR count). The van der Waals surface area contributed by atoms with E-state index in [4.69, 9.17) is 4.52 Å². The molecule has 3 aromatic heterocycles. The Morgan fingerprint density at radius 1 is 1.25 bits per heavy atom. The number of nitrogens with zero attached hydrogens (tertiary/aromatic N) is 5. The predicted molar refractivity (Wildman–Crippen MR) is 95.4 cm³/mol. The standard InChI is InChI=1S/C16H17N5OS2/c1-10(2)7-8-13-17-14(22-20-13)9-23-15-18-19-16-21(15)11-5-3-4-6-12(11)24-16/h3-6,10H,7-9H2,1-2H3. The molecule has 0 aliphatic carbocycles. The summed E-state index contributed by atoms with van der Waals surface area (Å²) in [4.78, 5) is 5.36. The van der Waals surface area contributed by atoms with Gasteiger partial charge in [-0.2, -0.15) is 4.98 Å². The lowest BCUT2D eigenvalue weighted by molar-refractivity contribution is 0.383. The van der Waals surface area contributed by atoms with Crippen LogP contribution in [0.2, 0.25) is 0 Å². The van der Waals surface area contributed by atoms with Gasteiger partial charge >= 0.3 is 0 Å². The van der Waals surface area contributed by atoms with Crippen LogP contribution in [0.3, 0.4) is 0 Å². The van der Waals surface area contributed by atoms with Gasteiger partial charge in [0.15, 0.2) is 11.0 Å². The van der Waals surface area contributed by atoms with Crippen molar-refractivity contribution in [2.45, 2.75) is 37.6 Å². The highest BCUT2D eigenvalue weighted by molar-refractivity contribution is 7.98. The number of thiazole rings is 1. The fourth-order valence-corrected chi connectivity index (χ4v) is 4.25. The van der Waals surface area contributed by atoms with Gasteiger partial charge in [0, 0.05) is 6.42 Å². The van der Waals surface area contributed by atoms with Gasteiger partial charge in [0.25, 0.3) is 0 Å². The molecule has 0 N–H and O–H groups in total. The first-order valence-corrected chi connectivity index (χ1v) is 9.68. The monoisotopic (exact) mass is 359 g/mol. The largest absolute Gasteiger partial charge is 0.338 e. The van der Waals surface area contributed by atoms with Crippen LogP contribution >= 0.6 is 23.1 Å². The minimum absolute atomic E-state index is 0.597. The number of fused-ring (bicyclic) bond motifs is 3. The minimum atomic E-state index is 0.597. The SMILES string of the molecule is CC(C)CCc1noc(CSc2nnc3sc4ccccc4n23)n1. The molecule has 0 aliphatic rings. The Balaban J connectivity index is 1.51. The number of rotatable bonds is 6. The summed E-state index contributed by atoms with van der Waals surface area (Å²) in [6.07, 6.45) is 1.92. The first-order chi connectivity index (χ1) is 11.7. The number of para-hydroxylation sites is 1. The number of thioether (sulfide) groups is 1. The number of aromatic nitrogens is 5. The van der Waals surface area contributed by atoms with Crippen LogP contribution < -0.4 is 0 Å². The maximum atomic E-state index is 5.34. The van der Waals surface area contributed by atoms with Crippen LogP contribution in [-0.2, 0) is 12.2 Å². The van der Waals surface area contributed by atoms with E-state index >= 15 is 0 Å². The third-order valence-electron chi connectivity index (χ3n) is 3.69. The molecule has 0 aliphatic heterocycles. The lowest BCUT2D eigenvalue weighted by atomic mass is 10.1. The molecule has 124 valence electrons. The Bertz CT molecular complexity index is 971. The molecule has 24 heavy (non-hydrogen) atoms. The van der Waals surface area contributed by atoms with Crippen molar-refractivity contribution in [1.29, 1.82) is 0 Å². The molecule has 0 amide bonds. The minimum Gasteiger partial charge on any atom is -0.338 e. The van der Waals surface area contributed by atoms with Crippen LogP contribution in [0.4, 0.5) is 0 Å². The number of benzene rings is 1. The van der Waals surface area contributed by atoms with Gasteiger partial charge in [0.1, 0.15) is 0 Å². The topological polar surface area (TPSA) is 69.1 Å². The van der Waals surface area contributed by atoms with Crippen molar-refractivity contribution in [2.24, 2.45) is 5.92 Å². The molecule has 6 nitrogen and oxygen atoms in total. The molecule has 8 heteroatoms. The van der Waals surface area contributed by atoms with Crippen LogP contribution in [0.5, 0.6) is 0 Å². The summed E-state index contributed by atoms with van der Waals surface area (Å²) in [5, 5.41) is 13.5. The van der Waals surface area contributed by atoms with E-state index in [9.17, 15) is 0 Å². The van der Waals surface area contributed by atoms with Gasteiger partial charge in [-0.25, -0.2) is 0 Å². The molecule has 0 saturated carbocycles. The van der Waals surface area contributed by atoms with Crippen LogP contribution in [0.15, 0.2) is 33.9 Å². The fourth-order valence-electron chi connectivity index (χ4n) is 2.44. The van der Waals surface area contributed by atoms with E-state index in [-0.39, 0.29) is 0 Å². The Kier molecular flexibility index (Phi) is 4.24. The first-order valence-electron chi connectivity index (χ1n) is 7.87. The van der Waals surface area contributed by atoms with Crippen molar-refractivity contribution in [3.63, 3.8) is 0 Å². The zero-order valence-corrected chi connectivity index (χ0v) is 15.1. The second kappa shape index (κ2) is 6.52. The van der Waals surface area contributed by atoms with E-state index in [0.29, 0.717) is 17.6 Å². The van der Waals surface area contributed by atoms with E-state index in [0.717, 1.165) is 34.3 Å². The molecular weight excluding hydrogens is 342 g/mol. The quantitative estimate of drug-likeness (QED) is 0.480. The molecule has 0 saturated heterocycles. The van der Waals surface area contributed by atoms with Crippen LogP contribution in [-0.4, -0.2) is 24.7 Å². The van der Waals surface area contributed by atoms with Crippen molar-refractivity contribution in [3.05, 3.63) is 36.0 Å². The highest BCUT2D eigenvalue weighted by Gasteiger charge is 2.14. The number of hydrogen-bond acceptors (Lipinski definition) is 7. The number of hydrogen-bond donors (Lipinski definition) is 0. The summed E-state index contributed by atoms with van der Waals surface area (Å²) < 4.78 is 8.63. The molecule has 0 spiro atoms. The normalized spacial score (nSPS) is 12.0. The second-order valence-corrected chi connectivity index (χ2v) is 7.95. The van der Waals surface area contributed by atoms with Gasteiger partial charge in [0.05, 0.1) is 16.0 Å². The zero-order chi connectivity index (χ0) is 16.5. The van der Waals surface area contributed by atoms with Crippen molar-refractivity contribution >= 4 is 38.3 Å². The summed E-state index contributed by atoms with van der Waals surface area (Å²) >= 11 is 3.21. The van der Waals surface area contributed by atoms with Gasteiger partial charge in [-0.1, -0.05) is 54.2 Å². The first kappa shape index (κ1) is 15.6. The molecule has 0 atom stereocenters. The van der Waals surface area contributed by atoms with Crippen LogP contribution in [0, 0.1) is 5.92 Å². The van der Waals surface area contributed by atoms with Crippen LogP contribution in [0.25, 0.3) is 15.2 Å². The average Bonchev–Trinajstić information content (AvgIpc) is 3.26. The van der Waals surface area contributed by atoms with E-state index in [1.807, 2.05) is 12.1 Å². The Morgan fingerprint density at radius 2 is 2.12 bits per heavy atom. The molecule has 0 fully saturated rings. The predicted octanol–water partition coefficient (Wildman–Crippen LogP) is 4.21. The summed E-state index contributed by atoms with van der Waals surface area (Å²) in [5.41, 5.74) is 1.13. The lowest BCUT2D eigenvalue weighted by Crippen LogP contribution is -1.94. The highest BCUT2D eigenvalue weighted by atomic mass is 32.2. The average molecular weight is 359 g/mol. The Morgan fingerprint density at radius 3 is 3.00 bits per heavy atom. The van der Waals surface area contributed by atoms with Gasteiger partial charge in [0.2, 0.25) is 10.9 Å². The fraction of sp³-hybridized carbons (Fsp3) is 0.375. The second-order valence-electron chi connectivity index (χ2n) is 6.00. The van der Waals surface area contributed by atoms with Crippen molar-refractivity contribution in [1.82, 2.24) is 24.7 Å². The van der Waals surface area contributed by atoms with E-state index < -0.39 is 0 Å². The Hall–Kier alpha value is -1.93.